The van der Waals surface area contributed by atoms with Gasteiger partial charge in [0, 0.05) is 13.1 Å². The van der Waals surface area contributed by atoms with E-state index in [-0.39, 0.29) is 12.5 Å². The molecule has 11 nitrogen and oxygen atoms in total. The fraction of sp³-hybridized carbons (Fsp3) is 0.522. The maximum atomic E-state index is 13.1. The molecule has 0 radical (unpaired) electrons. The lowest BCUT2D eigenvalue weighted by Gasteiger charge is -2.30. The van der Waals surface area contributed by atoms with E-state index in [1.165, 1.54) is 4.90 Å². The van der Waals surface area contributed by atoms with Crippen molar-refractivity contribution in [1.82, 2.24) is 15.1 Å². The largest absolute Gasteiger partial charge is 0.480 e. The molecule has 4 unspecified atom stereocenters. The van der Waals surface area contributed by atoms with Crippen LogP contribution in [0.1, 0.15) is 37.7 Å². The number of primary amides is 1. The fourth-order valence-electron chi connectivity index (χ4n) is 4.63. The Balaban J connectivity index is 1.69. The van der Waals surface area contributed by atoms with E-state index in [1.54, 1.807) is 0 Å². The monoisotopic (exact) mass is 473 g/mol. The molecular weight excluding hydrogens is 442 g/mol. The van der Waals surface area contributed by atoms with Crippen molar-refractivity contribution in [3.8, 4) is 0 Å². The first-order valence-corrected chi connectivity index (χ1v) is 11.4. The number of carbonyl (C=O) groups is 5. The molecule has 34 heavy (non-hydrogen) atoms. The van der Waals surface area contributed by atoms with Crippen LogP contribution in [0.4, 0.5) is 0 Å². The third-order valence-electron chi connectivity index (χ3n) is 6.29. The van der Waals surface area contributed by atoms with Crippen molar-refractivity contribution in [3.63, 3.8) is 0 Å². The molecule has 0 spiro atoms. The van der Waals surface area contributed by atoms with Crippen LogP contribution in [0.5, 0.6) is 0 Å². The van der Waals surface area contributed by atoms with Crippen molar-refractivity contribution in [2.45, 2.75) is 62.7 Å². The normalized spacial score (nSPS) is 21.7. The van der Waals surface area contributed by atoms with Crippen molar-refractivity contribution < 1.29 is 29.1 Å². The van der Waals surface area contributed by atoms with Gasteiger partial charge in [0.25, 0.3) is 0 Å². The molecule has 1 aromatic carbocycles. The molecule has 1 aromatic rings. The minimum absolute atomic E-state index is 0.212. The summed E-state index contributed by atoms with van der Waals surface area (Å²) in [6.45, 7) is 0.560. The molecule has 11 heteroatoms. The molecule has 184 valence electrons. The number of benzene rings is 1. The Bertz CT molecular complexity index is 939. The van der Waals surface area contributed by atoms with Crippen LogP contribution in [-0.4, -0.2) is 81.8 Å². The summed E-state index contributed by atoms with van der Waals surface area (Å²) < 4.78 is 0. The van der Waals surface area contributed by atoms with Crippen LogP contribution >= 0.6 is 0 Å². The Labute approximate surface area is 197 Å². The molecule has 2 saturated heterocycles. The van der Waals surface area contributed by atoms with E-state index in [0.717, 1.165) is 10.5 Å². The Hall–Kier alpha value is -3.47. The van der Waals surface area contributed by atoms with E-state index < -0.39 is 54.3 Å². The topological polar surface area (TPSA) is 176 Å². The highest BCUT2D eigenvalue weighted by atomic mass is 16.4. The quantitative estimate of drug-likeness (QED) is 0.355. The number of hydrogen-bond donors (Lipinski definition) is 4. The highest BCUT2D eigenvalue weighted by Gasteiger charge is 2.41. The summed E-state index contributed by atoms with van der Waals surface area (Å²) in [5.74, 6) is -3.59. The molecule has 4 atom stereocenters. The average Bonchev–Trinajstić information content (AvgIpc) is 3.48. The van der Waals surface area contributed by atoms with Gasteiger partial charge in [0.05, 0.1) is 12.5 Å². The van der Waals surface area contributed by atoms with Crippen LogP contribution in [0, 0.1) is 0 Å². The van der Waals surface area contributed by atoms with Crippen molar-refractivity contribution in [2.75, 3.05) is 13.1 Å². The number of nitrogens with zero attached hydrogens (tertiary/aromatic N) is 2. The zero-order valence-electron chi connectivity index (χ0n) is 18.9. The van der Waals surface area contributed by atoms with Crippen molar-refractivity contribution >= 4 is 29.6 Å². The van der Waals surface area contributed by atoms with Crippen LogP contribution in [-0.2, 0) is 30.4 Å². The molecule has 4 amide bonds. The highest BCUT2D eigenvalue weighted by Crippen LogP contribution is 2.22. The second-order valence-corrected chi connectivity index (χ2v) is 8.75. The first-order chi connectivity index (χ1) is 16.2. The molecule has 3 rings (SSSR count). The van der Waals surface area contributed by atoms with E-state index in [0.29, 0.717) is 38.6 Å². The molecule has 6 N–H and O–H groups in total. The van der Waals surface area contributed by atoms with Gasteiger partial charge in [-0.1, -0.05) is 30.3 Å². The SMILES string of the molecule is NC(=O)CC(NC(=O)C1CCCN1C(=O)C(N)Cc1ccccc1)C(=O)N1CCCC1C(=O)O. The summed E-state index contributed by atoms with van der Waals surface area (Å²) in [5, 5.41) is 11.9. The summed E-state index contributed by atoms with van der Waals surface area (Å²) >= 11 is 0. The van der Waals surface area contributed by atoms with Gasteiger partial charge in [-0.25, -0.2) is 4.79 Å². The first kappa shape index (κ1) is 25.2. The Morgan fingerprint density at radius 1 is 0.971 bits per heavy atom. The number of carboxylic acids is 1. The zero-order chi connectivity index (χ0) is 24.8. The maximum Gasteiger partial charge on any atom is 0.326 e. The van der Waals surface area contributed by atoms with Gasteiger partial charge < -0.3 is 31.7 Å². The van der Waals surface area contributed by atoms with Crippen LogP contribution in [0.15, 0.2) is 30.3 Å². The Morgan fingerprint density at radius 3 is 2.15 bits per heavy atom. The van der Waals surface area contributed by atoms with E-state index >= 15 is 0 Å². The van der Waals surface area contributed by atoms with Crippen molar-refractivity contribution in [3.05, 3.63) is 35.9 Å². The molecule has 2 fully saturated rings. The van der Waals surface area contributed by atoms with Gasteiger partial charge in [-0.15, -0.1) is 0 Å². The first-order valence-electron chi connectivity index (χ1n) is 11.4. The summed E-state index contributed by atoms with van der Waals surface area (Å²) in [6.07, 6.45) is 1.62. The summed E-state index contributed by atoms with van der Waals surface area (Å²) in [4.78, 5) is 64.7. The number of nitrogens with one attached hydrogen (secondary N) is 1. The predicted molar refractivity (Wildman–Crippen MR) is 121 cm³/mol. The third kappa shape index (κ3) is 5.90. The molecule has 2 aliphatic rings. The van der Waals surface area contributed by atoms with Gasteiger partial charge in [-0.2, -0.15) is 0 Å². The number of carboxylic acid groups (broad SMARTS) is 1. The van der Waals surface area contributed by atoms with Gasteiger partial charge in [-0.05, 0) is 37.7 Å². The van der Waals surface area contributed by atoms with Crippen LogP contribution in [0.2, 0.25) is 0 Å². The van der Waals surface area contributed by atoms with Crippen molar-refractivity contribution in [2.24, 2.45) is 11.5 Å². The Morgan fingerprint density at radius 2 is 1.56 bits per heavy atom. The van der Waals surface area contributed by atoms with E-state index in [4.69, 9.17) is 11.5 Å². The van der Waals surface area contributed by atoms with Crippen molar-refractivity contribution in [1.29, 1.82) is 0 Å². The summed E-state index contributed by atoms with van der Waals surface area (Å²) in [6, 6.07) is 5.30. The Kier molecular flexibility index (Phi) is 8.21. The number of amides is 4. The predicted octanol–water partition coefficient (Wildman–Crippen LogP) is -1.02. The highest BCUT2D eigenvalue weighted by molar-refractivity contribution is 5.96. The third-order valence-corrected chi connectivity index (χ3v) is 6.29. The molecule has 0 saturated carbocycles. The standard InChI is InChI=1S/C23H31N5O6/c24-15(12-14-6-2-1-3-7-14)21(31)27-10-4-8-17(27)20(30)26-16(13-19(25)29)22(32)28-11-5-9-18(28)23(33)34/h1-3,6-7,15-18H,4-5,8-13,24H2,(H2,25,29)(H,26,30)(H,33,34). The lowest BCUT2D eigenvalue weighted by Crippen LogP contribution is -2.57. The second kappa shape index (κ2) is 11.1. The van der Waals surface area contributed by atoms with Crippen LogP contribution < -0.4 is 16.8 Å². The van der Waals surface area contributed by atoms with Gasteiger partial charge in [0.2, 0.25) is 23.6 Å². The van der Waals surface area contributed by atoms with E-state index in [9.17, 15) is 29.1 Å². The van der Waals surface area contributed by atoms with Gasteiger partial charge >= 0.3 is 5.97 Å². The maximum absolute atomic E-state index is 13.1. The minimum Gasteiger partial charge on any atom is -0.480 e. The molecule has 2 aliphatic heterocycles. The summed E-state index contributed by atoms with van der Waals surface area (Å²) in [7, 11) is 0. The number of nitrogens with two attached hydrogens (primary N) is 2. The summed E-state index contributed by atoms with van der Waals surface area (Å²) in [5.41, 5.74) is 12.3. The number of carbonyl (C=O) groups excluding carboxylic acids is 4. The lowest BCUT2D eigenvalue weighted by molar-refractivity contribution is -0.150. The van der Waals surface area contributed by atoms with Gasteiger partial charge in [-0.3, -0.25) is 19.2 Å². The van der Waals surface area contributed by atoms with Gasteiger partial charge in [0.15, 0.2) is 0 Å². The number of aliphatic carboxylic acids is 1. The van der Waals surface area contributed by atoms with E-state index in [2.05, 4.69) is 5.32 Å². The molecule has 0 bridgehead atoms. The second-order valence-electron chi connectivity index (χ2n) is 8.75. The molecule has 0 aromatic heterocycles. The fourth-order valence-corrected chi connectivity index (χ4v) is 4.63. The number of hydrogen-bond acceptors (Lipinski definition) is 6. The number of rotatable bonds is 9. The molecule has 0 aliphatic carbocycles. The average molecular weight is 474 g/mol. The number of likely N-dealkylation sites (tertiary alicyclic amines) is 2. The minimum atomic E-state index is -1.31. The molecular formula is C23H31N5O6. The van der Waals surface area contributed by atoms with Crippen LogP contribution in [0.3, 0.4) is 0 Å². The lowest BCUT2D eigenvalue weighted by atomic mass is 10.0. The smallest absolute Gasteiger partial charge is 0.326 e. The zero-order valence-corrected chi connectivity index (χ0v) is 18.9. The molecule has 2 heterocycles. The van der Waals surface area contributed by atoms with Crippen LogP contribution in [0.25, 0.3) is 0 Å². The van der Waals surface area contributed by atoms with Gasteiger partial charge in [0.1, 0.15) is 18.1 Å². The van der Waals surface area contributed by atoms with E-state index in [1.807, 2.05) is 30.3 Å².